The number of benzene rings is 1. The van der Waals surface area contributed by atoms with Crippen LogP contribution < -0.4 is 5.32 Å². The number of amides is 2. The van der Waals surface area contributed by atoms with Crippen LogP contribution in [-0.2, 0) is 4.79 Å². The van der Waals surface area contributed by atoms with Crippen LogP contribution in [0.3, 0.4) is 0 Å². The first-order valence-corrected chi connectivity index (χ1v) is 5.87. The standard InChI is InChI=1S/C13H15N3O2/c1-3-14-11-7-5-4-6-10(11)13(18)16-12(17)8-9(2)15-16/h4-7,14H,3,8H2,1-2H3. The molecule has 0 unspecified atom stereocenters. The van der Waals surface area contributed by atoms with Crippen LogP contribution in [0.5, 0.6) is 0 Å². The molecule has 1 heterocycles. The number of carbonyl (C=O) groups excluding carboxylic acids is 2. The van der Waals surface area contributed by atoms with Crippen LogP contribution in [0.15, 0.2) is 29.4 Å². The lowest BCUT2D eigenvalue weighted by atomic mass is 10.1. The number of nitrogens with zero attached hydrogens (tertiary/aromatic N) is 2. The van der Waals surface area contributed by atoms with Gasteiger partial charge >= 0.3 is 0 Å². The van der Waals surface area contributed by atoms with Crippen molar-refractivity contribution >= 4 is 23.2 Å². The fourth-order valence-corrected chi connectivity index (χ4v) is 1.84. The maximum absolute atomic E-state index is 12.3. The highest BCUT2D eigenvalue weighted by molar-refractivity contribution is 6.15. The molecule has 2 amide bonds. The Labute approximate surface area is 105 Å². The lowest BCUT2D eigenvalue weighted by Gasteiger charge is -2.13. The Morgan fingerprint density at radius 1 is 1.44 bits per heavy atom. The molecule has 0 saturated carbocycles. The van der Waals surface area contributed by atoms with Crippen LogP contribution in [-0.4, -0.2) is 29.1 Å². The number of carbonyl (C=O) groups is 2. The molecule has 2 rings (SSSR count). The zero-order chi connectivity index (χ0) is 13.1. The van der Waals surface area contributed by atoms with Gasteiger partial charge in [-0.3, -0.25) is 9.59 Å². The Hall–Kier alpha value is -2.17. The van der Waals surface area contributed by atoms with Crippen LogP contribution >= 0.6 is 0 Å². The summed E-state index contributed by atoms with van der Waals surface area (Å²) in [6.07, 6.45) is 0.217. The second kappa shape index (κ2) is 5.00. The third-order valence-electron chi connectivity index (χ3n) is 2.63. The third-order valence-corrected chi connectivity index (χ3v) is 2.63. The molecule has 0 saturated heterocycles. The van der Waals surface area contributed by atoms with Gasteiger partial charge in [0.1, 0.15) is 0 Å². The average Bonchev–Trinajstić information content (AvgIpc) is 2.69. The lowest BCUT2D eigenvalue weighted by Crippen LogP contribution is -2.29. The van der Waals surface area contributed by atoms with Crippen molar-refractivity contribution in [3.05, 3.63) is 29.8 Å². The maximum Gasteiger partial charge on any atom is 0.283 e. The molecule has 18 heavy (non-hydrogen) atoms. The Bertz CT molecular complexity index is 523. The SMILES string of the molecule is CCNc1ccccc1C(=O)N1N=C(C)CC1=O. The third kappa shape index (κ3) is 2.25. The Balaban J connectivity index is 2.32. The molecule has 1 aliphatic heterocycles. The van der Waals surface area contributed by atoms with Crippen LogP contribution in [0.1, 0.15) is 30.6 Å². The second-order valence-electron chi connectivity index (χ2n) is 4.10. The lowest BCUT2D eigenvalue weighted by molar-refractivity contribution is -0.126. The molecule has 0 atom stereocenters. The monoisotopic (exact) mass is 245 g/mol. The molecule has 0 fully saturated rings. The molecule has 0 radical (unpaired) electrons. The summed E-state index contributed by atoms with van der Waals surface area (Å²) >= 11 is 0. The van der Waals surface area contributed by atoms with E-state index in [1.165, 1.54) is 0 Å². The molecule has 1 aliphatic rings. The Morgan fingerprint density at radius 3 is 2.78 bits per heavy atom. The van der Waals surface area contributed by atoms with E-state index in [1.54, 1.807) is 19.1 Å². The second-order valence-corrected chi connectivity index (χ2v) is 4.10. The smallest absolute Gasteiger partial charge is 0.283 e. The normalized spacial score (nSPS) is 14.7. The van der Waals surface area contributed by atoms with Crippen molar-refractivity contribution in [2.24, 2.45) is 5.10 Å². The van der Waals surface area contributed by atoms with Gasteiger partial charge in [0, 0.05) is 17.9 Å². The molecule has 0 aromatic heterocycles. The summed E-state index contributed by atoms with van der Waals surface area (Å²) in [5.74, 6) is -0.655. The van der Waals surface area contributed by atoms with Crippen LogP contribution in [0.25, 0.3) is 0 Å². The molecular weight excluding hydrogens is 230 g/mol. The van der Waals surface area contributed by atoms with E-state index in [1.807, 2.05) is 19.1 Å². The summed E-state index contributed by atoms with van der Waals surface area (Å²) in [6.45, 7) is 4.40. The zero-order valence-electron chi connectivity index (χ0n) is 10.4. The van der Waals surface area contributed by atoms with Gasteiger partial charge in [-0.15, -0.1) is 0 Å². The highest BCUT2D eigenvalue weighted by Gasteiger charge is 2.29. The van der Waals surface area contributed by atoms with Crippen LogP contribution in [0, 0.1) is 0 Å². The minimum atomic E-state index is -0.381. The van der Waals surface area contributed by atoms with Crippen molar-refractivity contribution in [2.75, 3.05) is 11.9 Å². The van der Waals surface area contributed by atoms with E-state index in [0.717, 1.165) is 10.7 Å². The van der Waals surface area contributed by atoms with Crippen molar-refractivity contribution in [1.29, 1.82) is 0 Å². The van der Waals surface area contributed by atoms with Gasteiger partial charge in [-0.2, -0.15) is 10.1 Å². The number of rotatable bonds is 3. The largest absolute Gasteiger partial charge is 0.385 e. The first-order chi connectivity index (χ1) is 8.63. The topological polar surface area (TPSA) is 61.8 Å². The van der Waals surface area contributed by atoms with Crippen molar-refractivity contribution in [3.63, 3.8) is 0 Å². The number of anilines is 1. The van der Waals surface area contributed by atoms with Gasteiger partial charge in [0.25, 0.3) is 11.8 Å². The number of hydrogen-bond donors (Lipinski definition) is 1. The van der Waals surface area contributed by atoms with E-state index < -0.39 is 0 Å². The molecule has 0 aliphatic carbocycles. The van der Waals surface area contributed by atoms with Crippen LogP contribution in [0.4, 0.5) is 5.69 Å². The molecule has 1 aromatic rings. The van der Waals surface area contributed by atoms with Gasteiger partial charge in [0.2, 0.25) is 0 Å². The van der Waals surface area contributed by atoms with E-state index in [0.29, 0.717) is 17.8 Å². The predicted molar refractivity (Wildman–Crippen MR) is 69.5 cm³/mol. The first kappa shape index (κ1) is 12.3. The summed E-state index contributed by atoms with van der Waals surface area (Å²) in [5, 5.41) is 8.02. The highest BCUT2D eigenvalue weighted by Crippen LogP contribution is 2.20. The van der Waals surface area contributed by atoms with Gasteiger partial charge in [0.15, 0.2) is 0 Å². The quantitative estimate of drug-likeness (QED) is 0.827. The highest BCUT2D eigenvalue weighted by atomic mass is 16.2. The molecule has 5 nitrogen and oxygen atoms in total. The number of hydrogen-bond acceptors (Lipinski definition) is 4. The van der Waals surface area contributed by atoms with E-state index in [-0.39, 0.29) is 18.2 Å². The molecule has 1 aromatic carbocycles. The van der Waals surface area contributed by atoms with E-state index in [4.69, 9.17) is 0 Å². The summed E-state index contributed by atoms with van der Waals surface area (Å²) < 4.78 is 0. The zero-order valence-corrected chi connectivity index (χ0v) is 10.4. The molecule has 94 valence electrons. The van der Waals surface area contributed by atoms with Crippen molar-refractivity contribution < 1.29 is 9.59 Å². The van der Waals surface area contributed by atoms with Crippen molar-refractivity contribution in [3.8, 4) is 0 Å². The summed E-state index contributed by atoms with van der Waals surface area (Å²) in [7, 11) is 0. The fraction of sp³-hybridized carbons (Fsp3) is 0.308. The van der Waals surface area contributed by atoms with Crippen molar-refractivity contribution in [1.82, 2.24) is 5.01 Å². The van der Waals surface area contributed by atoms with E-state index >= 15 is 0 Å². The minimum absolute atomic E-state index is 0.217. The Morgan fingerprint density at radius 2 is 2.17 bits per heavy atom. The number of nitrogens with one attached hydrogen (secondary N) is 1. The molecule has 1 N–H and O–H groups in total. The van der Waals surface area contributed by atoms with Crippen LogP contribution in [0.2, 0.25) is 0 Å². The maximum atomic E-state index is 12.3. The number of para-hydroxylation sites is 1. The molecular formula is C13H15N3O2. The molecule has 0 spiro atoms. The number of hydrazone groups is 1. The van der Waals surface area contributed by atoms with Gasteiger partial charge in [-0.05, 0) is 26.0 Å². The minimum Gasteiger partial charge on any atom is -0.385 e. The number of imide groups is 1. The van der Waals surface area contributed by atoms with Gasteiger partial charge < -0.3 is 5.32 Å². The molecule has 0 bridgehead atoms. The van der Waals surface area contributed by atoms with Crippen molar-refractivity contribution in [2.45, 2.75) is 20.3 Å². The predicted octanol–water partition coefficient (Wildman–Crippen LogP) is 1.87. The summed E-state index contributed by atoms with van der Waals surface area (Å²) in [6, 6.07) is 7.12. The van der Waals surface area contributed by atoms with E-state index in [9.17, 15) is 9.59 Å². The van der Waals surface area contributed by atoms with Gasteiger partial charge in [0.05, 0.1) is 12.0 Å². The Kier molecular flexibility index (Phi) is 3.41. The first-order valence-electron chi connectivity index (χ1n) is 5.87. The van der Waals surface area contributed by atoms with E-state index in [2.05, 4.69) is 10.4 Å². The molecule has 5 heteroatoms. The summed E-state index contributed by atoms with van der Waals surface area (Å²) in [4.78, 5) is 23.9. The fourth-order valence-electron chi connectivity index (χ4n) is 1.84. The van der Waals surface area contributed by atoms with Gasteiger partial charge in [-0.1, -0.05) is 12.1 Å². The average molecular weight is 245 g/mol. The van der Waals surface area contributed by atoms with Gasteiger partial charge in [-0.25, -0.2) is 0 Å². The summed E-state index contributed by atoms with van der Waals surface area (Å²) in [5.41, 5.74) is 1.85.